The van der Waals surface area contributed by atoms with E-state index in [2.05, 4.69) is 20.9 Å². The second-order valence-corrected chi connectivity index (χ2v) is 7.43. The van der Waals surface area contributed by atoms with Gasteiger partial charge in [0.25, 0.3) is 0 Å². The lowest BCUT2D eigenvalue weighted by molar-refractivity contribution is -0.141. The molecule has 0 saturated heterocycles. The summed E-state index contributed by atoms with van der Waals surface area (Å²) >= 11 is 0. The molecule has 0 radical (unpaired) electrons. The molecule has 0 spiro atoms. The molecule has 1 aromatic carbocycles. The SMILES string of the molecule is CCC(C)C(N)C(=O)NCC(=O)NCC(=O)NC(Cc1c[nH]c2ccccc12)C(=O)O. The van der Waals surface area contributed by atoms with Crippen LogP contribution in [0.3, 0.4) is 0 Å². The summed E-state index contributed by atoms with van der Waals surface area (Å²) in [5.74, 6) is -2.89. The van der Waals surface area contributed by atoms with Crippen molar-refractivity contribution in [2.45, 2.75) is 38.8 Å². The molecule has 3 atom stereocenters. The zero-order valence-electron chi connectivity index (χ0n) is 17.6. The van der Waals surface area contributed by atoms with Gasteiger partial charge in [-0.3, -0.25) is 14.4 Å². The van der Waals surface area contributed by atoms with E-state index in [1.54, 1.807) is 6.20 Å². The number of aliphatic carboxylic acids is 1. The molecule has 0 fully saturated rings. The van der Waals surface area contributed by atoms with Crippen molar-refractivity contribution in [3.63, 3.8) is 0 Å². The molecule has 1 heterocycles. The van der Waals surface area contributed by atoms with E-state index >= 15 is 0 Å². The molecule has 10 heteroatoms. The number of carboxylic acids is 1. The largest absolute Gasteiger partial charge is 0.480 e. The Morgan fingerprint density at radius 3 is 2.45 bits per heavy atom. The molecule has 10 nitrogen and oxygen atoms in total. The van der Waals surface area contributed by atoms with Gasteiger partial charge < -0.3 is 31.8 Å². The van der Waals surface area contributed by atoms with Gasteiger partial charge in [-0.25, -0.2) is 4.79 Å². The summed E-state index contributed by atoms with van der Waals surface area (Å²) in [6.45, 7) is 3.01. The molecule has 31 heavy (non-hydrogen) atoms. The smallest absolute Gasteiger partial charge is 0.326 e. The Labute approximate surface area is 179 Å². The fourth-order valence-electron chi connectivity index (χ4n) is 3.00. The number of nitrogens with one attached hydrogen (secondary N) is 4. The number of carbonyl (C=O) groups is 4. The van der Waals surface area contributed by atoms with E-state index in [1.165, 1.54) is 0 Å². The summed E-state index contributed by atoms with van der Waals surface area (Å²) in [6.07, 6.45) is 2.52. The third-order valence-corrected chi connectivity index (χ3v) is 5.16. The fraction of sp³-hybridized carbons (Fsp3) is 0.429. The summed E-state index contributed by atoms with van der Waals surface area (Å²) in [5, 5.41) is 17.5. The Hall–Kier alpha value is -3.40. The van der Waals surface area contributed by atoms with Gasteiger partial charge in [-0.2, -0.15) is 0 Å². The number of fused-ring (bicyclic) bond motifs is 1. The summed E-state index contributed by atoms with van der Waals surface area (Å²) in [4.78, 5) is 50.5. The summed E-state index contributed by atoms with van der Waals surface area (Å²) in [6, 6.07) is 5.57. The van der Waals surface area contributed by atoms with E-state index in [4.69, 9.17) is 5.73 Å². The third-order valence-electron chi connectivity index (χ3n) is 5.16. The first-order valence-corrected chi connectivity index (χ1v) is 10.1. The third kappa shape index (κ3) is 6.82. The molecule has 3 unspecified atom stereocenters. The van der Waals surface area contributed by atoms with Crippen LogP contribution in [0.5, 0.6) is 0 Å². The normalized spacial score (nSPS) is 13.8. The first-order valence-electron chi connectivity index (χ1n) is 10.1. The molecule has 1 aromatic heterocycles. The van der Waals surface area contributed by atoms with Crippen molar-refractivity contribution in [2.75, 3.05) is 13.1 Å². The molecule has 2 rings (SSSR count). The van der Waals surface area contributed by atoms with Crippen LogP contribution in [0.2, 0.25) is 0 Å². The monoisotopic (exact) mass is 431 g/mol. The highest BCUT2D eigenvalue weighted by molar-refractivity contribution is 5.91. The maximum absolute atomic E-state index is 12.1. The highest BCUT2D eigenvalue weighted by atomic mass is 16.4. The highest BCUT2D eigenvalue weighted by Gasteiger charge is 2.23. The quantitative estimate of drug-likeness (QED) is 0.290. The number of carboxylic acid groups (broad SMARTS) is 1. The molecular formula is C21H29N5O5. The van der Waals surface area contributed by atoms with Crippen molar-refractivity contribution < 1.29 is 24.3 Å². The molecule has 0 aliphatic heterocycles. The van der Waals surface area contributed by atoms with Crippen molar-refractivity contribution in [3.05, 3.63) is 36.0 Å². The van der Waals surface area contributed by atoms with Crippen LogP contribution in [-0.2, 0) is 25.6 Å². The number of H-pyrrole nitrogens is 1. The number of rotatable bonds is 11. The van der Waals surface area contributed by atoms with Gasteiger partial charge in [0.15, 0.2) is 0 Å². The number of carbonyl (C=O) groups excluding carboxylic acids is 3. The van der Waals surface area contributed by atoms with Gasteiger partial charge in [-0.1, -0.05) is 38.5 Å². The molecule has 2 aromatic rings. The van der Waals surface area contributed by atoms with Crippen LogP contribution in [0.25, 0.3) is 10.9 Å². The first-order chi connectivity index (χ1) is 14.7. The number of hydrogen-bond acceptors (Lipinski definition) is 5. The van der Waals surface area contributed by atoms with Crippen molar-refractivity contribution in [2.24, 2.45) is 11.7 Å². The van der Waals surface area contributed by atoms with E-state index < -0.39 is 42.3 Å². The second kappa shape index (κ2) is 11.1. The lowest BCUT2D eigenvalue weighted by atomic mass is 9.99. The average Bonchev–Trinajstić information content (AvgIpc) is 3.17. The molecule has 0 bridgehead atoms. The van der Waals surface area contributed by atoms with Gasteiger partial charge in [0.05, 0.1) is 19.1 Å². The molecule has 3 amide bonds. The topological polar surface area (TPSA) is 166 Å². The Balaban J connectivity index is 1.82. The second-order valence-electron chi connectivity index (χ2n) is 7.43. The summed E-state index contributed by atoms with van der Waals surface area (Å²) in [7, 11) is 0. The molecule has 168 valence electrons. The van der Waals surface area contributed by atoms with Gasteiger partial charge in [-0.15, -0.1) is 0 Å². The van der Waals surface area contributed by atoms with E-state index in [1.807, 2.05) is 38.1 Å². The number of amides is 3. The van der Waals surface area contributed by atoms with E-state index in [0.29, 0.717) is 0 Å². The minimum atomic E-state index is -1.18. The van der Waals surface area contributed by atoms with E-state index in [9.17, 15) is 24.3 Å². The molecule has 0 saturated carbocycles. The summed E-state index contributed by atoms with van der Waals surface area (Å²) < 4.78 is 0. The van der Waals surface area contributed by atoms with Crippen LogP contribution in [0.15, 0.2) is 30.5 Å². The Morgan fingerprint density at radius 1 is 1.10 bits per heavy atom. The van der Waals surface area contributed by atoms with E-state index in [0.717, 1.165) is 22.9 Å². The standard InChI is InChI=1S/C21H29N5O5/c1-3-12(2)19(22)20(29)25-10-17(27)24-11-18(28)26-16(21(30)31)8-13-9-23-15-7-5-4-6-14(13)15/h4-7,9,12,16,19,23H,3,8,10-11,22H2,1-2H3,(H,24,27)(H,25,29)(H,26,28)(H,30,31). The number of nitrogens with two attached hydrogens (primary N) is 1. The maximum Gasteiger partial charge on any atom is 0.326 e. The zero-order valence-corrected chi connectivity index (χ0v) is 17.6. The Kier molecular flexibility index (Phi) is 8.56. The van der Waals surface area contributed by atoms with Gasteiger partial charge >= 0.3 is 5.97 Å². The van der Waals surface area contributed by atoms with Crippen LogP contribution in [0, 0.1) is 5.92 Å². The average molecular weight is 431 g/mol. The molecule has 0 aliphatic rings. The molecule has 7 N–H and O–H groups in total. The summed E-state index contributed by atoms with van der Waals surface area (Å²) in [5.41, 5.74) is 7.41. The fourth-order valence-corrected chi connectivity index (χ4v) is 3.00. The minimum absolute atomic E-state index is 0.0288. The van der Waals surface area contributed by atoms with Gasteiger partial charge in [-0.05, 0) is 17.5 Å². The minimum Gasteiger partial charge on any atom is -0.480 e. The van der Waals surface area contributed by atoms with Crippen LogP contribution < -0.4 is 21.7 Å². The molecular weight excluding hydrogens is 402 g/mol. The van der Waals surface area contributed by atoms with Crippen LogP contribution >= 0.6 is 0 Å². The van der Waals surface area contributed by atoms with Crippen LogP contribution in [0.4, 0.5) is 0 Å². The predicted octanol–water partition coefficient (Wildman–Crippen LogP) is -0.114. The van der Waals surface area contributed by atoms with Crippen molar-refractivity contribution in [3.8, 4) is 0 Å². The van der Waals surface area contributed by atoms with Crippen LogP contribution in [-0.4, -0.2) is 59.0 Å². The number of aromatic amines is 1. The van der Waals surface area contributed by atoms with Crippen LogP contribution in [0.1, 0.15) is 25.8 Å². The lowest BCUT2D eigenvalue weighted by Gasteiger charge is -2.17. The highest BCUT2D eigenvalue weighted by Crippen LogP contribution is 2.19. The van der Waals surface area contributed by atoms with Gasteiger partial charge in [0, 0.05) is 23.5 Å². The molecule has 0 aliphatic carbocycles. The number of hydrogen-bond donors (Lipinski definition) is 6. The van der Waals surface area contributed by atoms with Gasteiger partial charge in [0.1, 0.15) is 6.04 Å². The van der Waals surface area contributed by atoms with Crippen molar-refractivity contribution >= 4 is 34.6 Å². The number of aromatic nitrogens is 1. The lowest BCUT2D eigenvalue weighted by Crippen LogP contribution is -2.50. The Morgan fingerprint density at radius 2 is 1.77 bits per heavy atom. The van der Waals surface area contributed by atoms with Gasteiger partial charge in [0.2, 0.25) is 17.7 Å². The Bertz CT molecular complexity index is 941. The maximum atomic E-state index is 12.1. The zero-order chi connectivity index (χ0) is 23.0. The first kappa shape index (κ1) is 23.9. The predicted molar refractivity (Wildman–Crippen MR) is 115 cm³/mol. The van der Waals surface area contributed by atoms with Crippen molar-refractivity contribution in [1.82, 2.24) is 20.9 Å². The van der Waals surface area contributed by atoms with Crippen molar-refractivity contribution in [1.29, 1.82) is 0 Å². The van der Waals surface area contributed by atoms with E-state index in [-0.39, 0.29) is 18.9 Å². The number of benzene rings is 1. The number of para-hydroxylation sites is 1.